The molecule has 1 N–H and O–H groups in total. The van der Waals surface area contributed by atoms with E-state index in [1.54, 1.807) is 18.1 Å². The fraction of sp³-hybridized carbons (Fsp3) is 0.471. The normalized spacial score (nSPS) is 12.4. The molecule has 120 valence electrons. The minimum atomic E-state index is -1.09. The van der Waals surface area contributed by atoms with Crippen molar-refractivity contribution in [3.8, 4) is 5.75 Å². The molecule has 0 aliphatic heterocycles. The third-order valence-electron chi connectivity index (χ3n) is 3.61. The molecule has 1 aromatic rings. The van der Waals surface area contributed by atoms with Crippen molar-refractivity contribution in [3.63, 3.8) is 0 Å². The molecular formula is C17H22O5. The minimum Gasteiger partial charge on any atom is -0.508 e. The van der Waals surface area contributed by atoms with Crippen LogP contribution in [0.1, 0.15) is 31.4 Å². The van der Waals surface area contributed by atoms with Crippen LogP contribution in [0.4, 0.5) is 0 Å². The molecule has 1 rings (SSSR count). The van der Waals surface area contributed by atoms with Gasteiger partial charge >= 0.3 is 5.97 Å². The second-order valence-electron chi connectivity index (χ2n) is 5.85. The topological polar surface area (TPSA) is 72.8 Å². The van der Waals surface area contributed by atoms with E-state index in [2.05, 4.69) is 4.74 Å². The molecule has 0 saturated heterocycles. The number of hydrogen-bond donors (Lipinski definition) is 1. The average Bonchev–Trinajstić information content (AvgIpc) is 2.48. The van der Waals surface area contributed by atoms with E-state index in [9.17, 15) is 14.7 Å². The maximum absolute atomic E-state index is 11.7. The van der Waals surface area contributed by atoms with Gasteiger partial charge in [-0.25, -0.2) is 9.59 Å². The van der Waals surface area contributed by atoms with E-state index in [4.69, 9.17) is 4.74 Å². The summed E-state index contributed by atoms with van der Waals surface area (Å²) < 4.78 is 9.69. The number of hydrogen-bond acceptors (Lipinski definition) is 5. The summed E-state index contributed by atoms with van der Waals surface area (Å²) in [5.74, 6) is 1.29. The molecule has 0 heterocycles. The van der Waals surface area contributed by atoms with Crippen molar-refractivity contribution < 1.29 is 24.2 Å². The molecule has 0 amide bonds. The zero-order chi connectivity index (χ0) is 16.9. The number of methoxy groups -OCH3 is 2. The summed E-state index contributed by atoms with van der Waals surface area (Å²) in [6.45, 7) is 5.67. The van der Waals surface area contributed by atoms with Gasteiger partial charge in [-0.1, -0.05) is 31.5 Å². The van der Waals surface area contributed by atoms with Gasteiger partial charge in [0.05, 0.1) is 12.7 Å². The Labute approximate surface area is 130 Å². The van der Waals surface area contributed by atoms with Crippen LogP contribution in [0.2, 0.25) is 0 Å². The van der Waals surface area contributed by atoms with Gasteiger partial charge in [0.15, 0.2) is 6.10 Å². The molecule has 1 atom stereocenters. The summed E-state index contributed by atoms with van der Waals surface area (Å²) >= 11 is 0. The Balaban J connectivity index is 3.15. The Morgan fingerprint density at radius 1 is 1.36 bits per heavy atom. The first-order chi connectivity index (χ1) is 10.3. The van der Waals surface area contributed by atoms with Gasteiger partial charge < -0.3 is 14.6 Å². The van der Waals surface area contributed by atoms with Gasteiger partial charge in [0.2, 0.25) is 0 Å². The van der Waals surface area contributed by atoms with Crippen LogP contribution in [0.3, 0.4) is 0 Å². The van der Waals surface area contributed by atoms with E-state index in [0.29, 0.717) is 5.56 Å². The number of ether oxygens (including phenoxy) is 2. The fourth-order valence-corrected chi connectivity index (χ4v) is 2.43. The molecule has 0 aliphatic carbocycles. The van der Waals surface area contributed by atoms with Gasteiger partial charge in [0, 0.05) is 12.7 Å². The molecule has 0 radical (unpaired) electrons. The first-order valence-electron chi connectivity index (χ1n) is 6.91. The van der Waals surface area contributed by atoms with Crippen LogP contribution in [-0.4, -0.2) is 37.3 Å². The Morgan fingerprint density at radius 2 is 2.00 bits per heavy atom. The summed E-state index contributed by atoms with van der Waals surface area (Å²) in [6, 6.07) is 5.28. The molecule has 22 heavy (non-hydrogen) atoms. The highest BCUT2D eigenvalue weighted by Crippen LogP contribution is 2.37. The highest BCUT2D eigenvalue weighted by molar-refractivity contribution is 5.81. The smallest absolute Gasteiger partial charge is 0.340 e. The molecule has 0 aliphatic rings. The van der Waals surface area contributed by atoms with Gasteiger partial charge in [-0.3, -0.25) is 0 Å². The number of aryl methyl sites for hydroxylation is 1. The summed E-state index contributed by atoms with van der Waals surface area (Å²) in [4.78, 5) is 23.0. The molecule has 1 aromatic carbocycles. The van der Waals surface area contributed by atoms with Gasteiger partial charge in [-0.05, 0) is 24.8 Å². The number of carbonyl (C=O) groups is 1. The van der Waals surface area contributed by atoms with E-state index >= 15 is 0 Å². The fourth-order valence-electron chi connectivity index (χ4n) is 2.43. The lowest BCUT2D eigenvalue weighted by molar-refractivity contribution is -0.150. The Morgan fingerprint density at radius 3 is 2.50 bits per heavy atom. The Bertz CT molecular complexity index is 597. The number of phenolic OH excluding ortho intramolecular Hbond substituents is 1. The molecule has 0 aromatic heterocycles. The quantitative estimate of drug-likeness (QED) is 0.645. The highest BCUT2D eigenvalue weighted by Gasteiger charge is 2.32. The van der Waals surface area contributed by atoms with Crippen molar-refractivity contribution in [2.45, 2.75) is 38.7 Å². The van der Waals surface area contributed by atoms with E-state index in [1.165, 1.54) is 14.2 Å². The number of rotatable bonds is 6. The maximum atomic E-state index is 11.7. The number of phenols is 1. The van der Waals surface area contributed by atoms with Gasteiger partial charge in [0.1, 0.15) is 11.7 Å². The zero-order valence-electron chi connectivity index (χ0n) is 13.6. The first-order valence-corrected chi connectivity index (χ1v) is 6.91. The molecule has 0 fully saturated rings. The lowest BCUT2D eigenvalue weighted by Gasteiger charge is -2.28. The largest absolute Gasteiger partial charge is 0.508 e. The number of carbonyl (C=O) groups excluding carboxylic acids is 2. The molecular weight excluding hydrogens is 284 g/mol. The highest BCUT2D eigenvalue weighted by atomic mass is 16.6. The van der Waals surface area contributed by atoms with Gasteiger partial charge in [0.25, 0.3) is 0 Å². The van der Waals surface area contributed by atoms with E-state index in [1.807, 2.05) is 26.8 Å². The van der Waals surface area contributed by atoms with Crippen LogP contribution in [0.5, 0.6) is 5.75 Å². The molecule has 0 bridgehead atoms. The monoisotopic (exact) mass is 306 g/mol. The second-order valence-corrected chi connectivity index (χ2v) is 5.85. The summed E-state index contributed by atoms with van der Waals surface area (Å²) in [6.07, 6.45) is -0.880. The number of benzene rings is 1. The van der Waals surface area contributed by atoms with E-state index in [-0.39, 0.29) is 17.7 Å². The molecule has 0 spiro atoms. The van der Waals surface area contributed by atoms with Gasteiger partial charge in [-0.15, -0.1) is 0 Å². The van der Waals surface area contributed by atoms with Crippen LogP contribution in [0.25, 0.3) is 0 Å². The molecule has 5 nitrogen and oxygen atoms in total. The van der Waals surface area contributed by atoms with Crippen molar-refractivity contribution >= 4 is 11.9 Å². The maximum Gasteiger partial charge on any atom is 0.340 e. The second kappa shape index (κ2) is 7.25. The average molecular weight is 306 g/mol. The first kappa shape index (κ1) is 18.0. The third kappa shape index (κ3) is 3.97. The van der Waals surface area contributed by atoms with Crippen LogP contribution < -0.4 is 0 Å². The standard InChI is InChI=1S/C17H22O5/c1-11-6-7-14(19)13(8-11)17(2,3)9-12(10-18)15(21-4)16(20)22-5/h6-8,15,19H,9H2,1-5H3. The van der Waals surface area contributed by atoms with E-state index < -0.39 is 17.5 Å². The van der Waals surface area contributed by atoms with Crippen LogP contribution in [0, 0.1) is 6.92 Å². The minimum absolute atomic E-state index is 0.146. The van der Waals surface area contributed by atoms with Crippen molar-refractivity contribution in [1.29, 1.82) is 0 Å². The van der Waals surface area contributed by atoms with Gasteiger partial charge in [-0.2, -0.15) is 0 Å². The van der Waals surface area contributed by atoms with E-state index in [0.717, 1.165) is 5.56 Å². The van der Waals surface area contributed by atoms with Crippen molar-refractivity contribution in [1.82, 2.24) is 0 Å². The Kier molecular flexibility index (Phi) is 5.92. The lowest BCUT2D eigenvalue weighted by atomic mass is 9.77. The predicted octanol–water partition coefficient (Wildman–Crippen LogP) is 2.31. The lowest BCUT2D eigenvalue weighted by Crippen LogP contribution is -2.31. The SMILES string of the molecule is COC(=O)C(OC)C(=C=O)CC(C)(C)c1cc(C)ccc1O. The molecule has 1 unspecified atom stereocenters. The summed E-state index contributed by atoms with van der Waals surface area (Å²) in [5.41, 5.74) is 1.27. The summed E-state index contributed by atoms with van der Waals surface area (Å²) in [5, 5.41) is 10.1. The zero-order valence-corrected chi connectivity index (χ0v) is 13.6. The Hall–Kier alpha value is -2.10. The van der Waals surface area contributed by atoms with Crippen molar-refractivity contribution in [2.75, 3.05) is 14.2 Å². The summed E-state index contributed by atoms with van der Waals surface area (Å²) in [7, 11) is 2.56. The molecule has 5 heteroatoms. The van der Waals surface area contributed by atoms with Crippen LogP contribution in [0.15, 0.2) is 23.8 Å². The molecule has 0 saturated carbocycles. The third-order valence-corrected chi connectivity index (χ3v) is 3.61. The number of esters is 1. The van der Waals surface area contributed by atoms with Crippen molar-refractivity contribution in [2.24, 2.45) is 0 Å². The number of aromatic hydroxyl groups is 1. The van der Waals surface area contributed by atoms with Crippen LogP contribution in [-0.2, 0) is 24.5 Å². The van der Waals surface area contributed by atoms with Crippen molar-refractivity contribution in [3.05, 3.63) is 34.9 Å². The van der Waals surface area contributed by atoms with Crippen LogP contribution >= 0.6 is 0 Å². The predicted molar refractivity (Wildman–Crippen MR) is 82.5 cm³/mol.